The number of nitrogens with one attached hydrogen (secondary N) is 2. The van der Waals surface area contributed by atoms with E-state index in [1.54, 1.807) is 32.6 Å². The van der Waals surface area contributed by atoms with Gasteiger partial charge >= 0.3 is 0 Å². The highest BCUT2D eigenvalue weighted by molar-refractivity contribution is 5.81. The molecule has 2 rings (SSSR count). The van der Waals surface area contributed by atoms with Crippen molar-refractivity contribution in [2.75, 3.05) is 19.6 Å². The third-order valence-electron chi connectivity index (χ3n) is 3.20. The van der Waals surface area contributed by atoms with Crippen LogP contribution in [0.2, 0.25) is 0 Å². The Labute approximate surface area is 139 Å². The number of rotatable bonds is 5. The number of benzene rings is 1. The predicted octanol–water partition coefficient (Wildman–Crippen LogP) is 1.93. The fourth-order valence-corrected chi connectivity index (χ4v) is 1.98. The first-order valence-electron chi connectivity index (χ1n) is 7.33. The highest BCUT2D eigenvalue weighted by Gasteiger charge is 2.20. The lowest BCUT2D eigenvalue weighted by atomic mass is 9.93. The molecule has 2 N–H and O–H groups in total. The number of nitrogens with zero attached hydrogens (tertiary/aromatic N) is 3. The normalized spacial score (nSPS) is 11.5. The van der Waals surface area contributed by atoms with Crippen LogP contribution >= 0.6 is 0 Å². The Bertz CT molecular complexity index is 793. The number of ether oxygens (including phenoxy) is 2. The van der Waals surface area contributed by atoms with Gasteiger partial charge in [0.1, 0.15) is 5.69 Å². The molecule has 0 saturated carbocycles. The minimum atomic E-state index is -0.373. The third-order valence-corrected chi connectivity index (χ3v) is 3.20. The molecule has 0 aliphatic rings. The Morgan fingerprint density at radius 3 is 2.46 bits per heavy atom. The molecule has 0 aliphatic carbocycles. The van der Waals surface area contributed by atoms with E-state index in [1.807, 2.05) is 26.8 Å². The van der Waals surface area contributed by atoms with Gasteiger partial charge in [0.05, 0.1) is 20.4 Å². The molecule has 0 atom stereocenters. The van der Waals surface area contributed by atoms with Crippen molar-refractivity contribution >= 4 is 12.2 Å². The van der Waals surface area contributed by atoms with Crippen LogP contribution in [0, 0.1) is 0 Å². The van der Waals surface area contributed by atoms with Gasteiger partial charge in [-0.05, 0) is 23.8 Å². The van der Waals surface area contributed by atoms with Crippen molar-refractivity contribution in [3.63, 3.8) is 0 Å². The molecule has 128 valence electrons. The quantitative estimate of drug-likeness (QED) is 0.641. The lowest BCUT2D eigenvalue weighted by Gasteiger charge is -2.15. The Morgan fingerprint density at radius 1 is 1.17 bits per heavy atom. The van der Waals surface area contributed by atoms with Gasteiger partial charge in [-0.1, -0.05) is 20.8 Å². The van der Waals surface area contributed by atoms with Crippen molar-refractivity contribution in [2.45, 2.75) is 26.2 Å². The average molecular weight is 331 g/mol. The van der Waals surface area contributed by atoms with Gasteiger partial charge in [0, 0.05) is 5.41 Å². The highest BCUT2D eigenvalue weighted by Crippen LogP contribution is 2.26. The molecular formula is C16H21N5O3. The summed E-state index contributed by atoms with van der Waals surface area (Å²) in [7, 11) is 3.14. The van der Waals surface area contributed by atoms with Crippen molar-refractivity contribution in [3.8, 4) is 11.5 Å². The molecule has 1 aromatic heterocycles. The fraction of sp³-hybridized carbons (Fsp3) is 0.375. The van der Waals surface area contributed by atoms with E-state index in [1.165, 1.54) is 0 Å². The number of hydrogen-bond acceptors (Lipinski definition) is 7. The van der Waals surface area contributed by atoms with Crippen LogP contribution in [0.25, 0.3) is 0 Å². The van der Waals surface area contributed by atoms with E-state index >= 15 is 0 Å². The van der Waals surface area contributed by atoms with E-state index in [4.69, 9.17) is 9.47 Å². The predicted molar refractivity (Wildman–Crippen MR) is 92.1 cm³/mol. The van der Waals surface area contributed by atoms with Crippen molar-refractivity contribution in [3.05, 3.63) is 39.8 Å². The molecule has 0 radical (unpaired) electrons. The SMILES string of the molecule is COc1ccc(/C=N\Nc2nnc(C(C)(C)C)c(=O)[nH]2)cc1OC. The maximum atomic E-state index is 12.0. The van der Waals surface area contributed by atoms with Gasteiger partial charge in [-0.25, -0.2) is 5.43 Å². The number of aromatic amines is 1. The minimum absolute atomic E-state index is 0.171. The van der Waals surface area contributed by atoms with Crippen molar-refractivity contribution in [2.24, 2.45) is 5.10 Å². The summed E-state index contributed by atoms with van der Waals surface area (Å²) < 4.78 is 10.4. The number of hydrazone groups is 1. The molecule has 1 heterocycles. The maximum absolute atomic E-state index is 12.0. The van der Waals surface area contributed by atoms with Crippen molar-refractivity contribution < 1.29 is 9.47 Å². The molecule has 0 saturated heterocycles. The van der Waals surface area contributed by atoms with Crippen LogP contribution in [0.15, 0.2) is 28.1 Å². The summed E-state index contributed by atoms with van der Waals surface area (Å²) in [5.74, 6) is 1.41. The number of methoxy groups -OCH3 is 2. The Kier molecular flexibility index (Phi) is 5.18. The zero-order valence-electron chi connectivity index (χ0n) is 14.4. The van der Waals surface area contributed by atoms with E-state index in [-0.39, 0.29) is 16.9 Å². The maximum Gasteiger partial charge on any atom is 0.274 e. The van der Waals surface area contributed by atoms with E-state index < -0.39 is 0 Å². The molecule has 1 aromatic carbocycles. The van der Waals surface area contributed by atoms with Crippen LogP contribution in [0.5, 0.6) is 11.5 Å². The largest absolute Gasteiger partial charge is 0.493 e. The number of hydrogen-bond donors (Lipinski definition) is 2. The van der Waals surface area contributed by atoms with Crippen molar-refractivity contribution in [1.29, 1.82) is 0 Å². The topological polar surface area (TPSA) is 101 Å². The Morgan fingerprint density at radius 2 is 1.88 bits per heavy atom. The molecule has 8 heteroatoms. The van der Waals surface area contributed by atoms with Gasteiger partial charge in [-0.2, -0.15) is 5.10 Å². The first-order chi connectivity index (χ1) is 11.3. The smallest absolute Gasteiger partial charge is 0.274 e. The molecule has 2 aromatic rings. The second kappa shape index (κ2) is 7.12. The van der Waals surface area contributed by atoms with E-state index in [9.17, 15) is 4.79 Å². The zero-order valence-corrected chi connectivity index (χ0v) is 14.4. The second-order valence-corrected chi connectivity index (χ2v) is 6.09. The molecule has 24 heavy (non-hydrogen) atoms. The molecule has 0 fully saturated rings. The molecule has 0 amide bonds. The summed E-state index contributed by atoms with van der Waals surface area (Å²) in [4.78, 5) is 14.6. The molecule has 8 nitrogen and oxygen atoms in total. The van der Waals surface area contributed by atoms with Gasteiger partial charge in [0.2, 0.25) is 5.95 Å². The van der Waals surface area contributed by atoms with Crippen LogP contribution in [-0.2, 0) is 5.41 Å². The summed E-state index contributed by atoms with van der Waals surface area (Å²) in [6, 6.07) is 5.38. The molecular weight excluding hydrogens is 310 g/mol. The van der Waals surface area contributed by atoms with Gasteiger partial charge in [-0.3, -0.25) is 9.78 Å². The summed E-state index contributed by atoms with van der Waals surface area (Å²) >= 11 is 0. The van der Waals surface area contributed by atoms with Gasteiger partial charge < -0.3 is 9.47 Å². The highest BCUT2D eigenvalue weighted by atomic mass is 16.5. The van der Waals surface area contributed by atoms with Crippen LogP contribution in [0.1, 0.15) is 32.0 Å². The average Bonchev–Trinajstić information content (AvgIpc) is 2.53. The lowest BCUT2D eigenvalue weighted by Crippen LogP contribution is -2.28. The number of H-pyrrole nitrogens is 1. The zero-order chi connectivity index (χ0) is 17.7. The monoisotopic (exact) mass is 331 g/mol. The molecule has 0 unspecified atom stereocenters. The minimum Gasteiger partial charge on any atom is -0.493 e. The fourth-order valence-electron chi connectivity index (χ4n) is 1.98. The van der Waals surface area contributed by atoms with Crippen LogP contribution < -0.4 is 20.5 Å². The van der Waals surface area contributed by atoms with Crippen LogP contribution in [0.3, 0.4) is 0 Å². The summed E-state index contributed by atoms with van der Waals surface area (Å²) in [5.41, 5.74) is 3.15. The Hall–Kier alpha value is -2.90. The second-order valence-electron chi connectivity index (χ2n) is 6.09. The van der Waals surface area contributed by atoms with E-state index in [0.29, 0.717) is 17.2 Å². The first-order valence-corrected chi connectivity index (χ1v) is 7.33. The summed E-state index contributed by atoms with van der Waals surface area (Å²) in [6.07, 6.45) is 1.57. The first kappa shape index (κ1) is 17.5. The Balaban J connectivity index is 2.12. The van der Waals surface area contributed by atoms with Crippen molar-refractivity contribution in [1.82, 2.24) is 15.2 Å². The van der Waals surface area contributed by atoms with Gasteiger partial charge in [-0.15, -0.1) is 10.2 Å². The van der Waals surface area contributed by atoms with Gasteiger partial charge in [0.15, 0.2) is 11.5 Å². The molecule has 0 bridgehead atoms. The molecule has 0 aliphatic heterocycles. The summed E-state index contributed by atoms with van der Waals surface area (Å²) in [6.45, 7) is 5.69. The van der Waals surface area contributed by atoms with Crippen LogP contribution in [0.4, 0.5) is 5.95 Å². The molecule has 0 spiro atoms. The van der Waals surface area contributed by atoms with E-state index in [0.717, 1.165) is 5.56 Å². The standard InChI is InChI=1S/C16H21N5O3/c1-16(2,3)13-14(22)18-15(21-19-13)20-17-9-10-6-7-11(23-4)12(8-10)24-5/h6-9H,1-5H3,(H2,18,20,21,22)/b17-9-. The third kappa shape index (κ3) is 4.09. The lowest BCUT2D eigenvalue weighted by molar-refractivity contribution is 0.355. The van der Waals surface area contributed by atoms with Gasteiger partial charge in [0.25, 0.3) is 5.56 Å². The number of anilines is 1. The number of aromatic nitrogens is 3. The van der Waals surface area contributed by atoms with E-state index in [2.05, 4.69) is 25.7 Å². The summed E-state index contributed by atoms with van der Waals surface area (Å²) in [5, 5.41) is 11.9. The van der Waals surface area contributed by atoms with Crippen LogP contribution in [-0.4, -0.2) is 35.6 Å².